The Morgan fingerprint density at radius 2 is 2.00 bits per heavy atom. The van der Waals surface area contributed by atoms with E-state index in [9.17, 15) is 0 Å². The first kappa shape index (κ1) is 13.3. The van der Waals surface area contributed by atoms with E-state index in [1.54, 1.807) is 0 Å². The molecule has 16 heavy (non-hydrogen) atoms. The predicted octanol–water partition coefficient (Wildman–Crippen LogP) is 1.13. The molecule has 1 rings (SSSR count). The van der Waals surface area contributed by atoms with E-state index in [0.717, 1.165) is 19.5 Å². The largest absolute Gasteiger partial charge is 0.370 e. The van der Waals surface area contributed by atoms with Crippen molar-refractivity contribution in [2.24, 2.45) is 10.7 Å². The van der Waals surface area contributed by atoms with Crippen LogP contribution in [-0.2, 0) is 0 Å². The fourth-order valence-electron chi connectivity index (χ4n) is 2.15. The molecule has 0 aromatic rings. The summed E-state index contributed by atoms with van der Waals surface area (Å²) in [4.78, 5) is 9.01. The van der Waals surface area contributed by atoms with Crippen LogP contribution in [0.3, 0.4) is 0 Å². The van der Waals surface area contributed by atoms with Crippen LogP contribution in [0.4, 0.5) is 0 Å². The lowest BCUT2D eigenvalue weighted by Crippen LogP contribution is -2.48. The number of hydrogen-bond acceptors (Lipinski definition) is 2. The average Bonchev–Trinajstić information content (AvgIpc) is 2.35. The first-order valence-electron chi connectivity index (χ1n) is 6.44. The number of piperidine rings is 1. The Hall–Kier alpha value is -0.770. The van der Waals surface area contributed by atoms with Crippen molar-refractivity contribution in [2.75, 3.05) is 33.2 Å². The molecule has 1 aliphatic heterocycles. The van der Waals surface area contributed by atoms with Crippen molar-refractivity contribution in [3.63, 3.8) is 0 Å². The van der Waals surface area contributed by atoms with Gasteiger partial charge in [-0.1, -0.05) is 13.8 Å². The van der Waals surface area contributed by atoms with Crippen molar-refractivity contribution in [1.29, 1.82) is 0 Å². The van der Waals surface area contributed by atoms with Crippen LogP contribution in [0.2, 0.25) is 0 Å². The Morgan fingerprint density at radius 1 is 1.38 bits per heavy atom. The molecule has 0 spiro atoms. The van der Waals surface area contributed by atoms with Crippen LogP contribution in [0.5, 0.6) is 0 Å². The molecule has 4 nitrogen and oxygen atoms in total. The molecular weight excluding hydrogens is 200 g/mol. The van der Waals surface area contributed by atoms with Gasteiger partial charge in [0.2, 0.25) is 0 Å². The fraction of sp³-hybridized carbons (Fsp3) is 0.917. The van der Waals surface area contributed by atoms with E-state index in [-0.39, 0.29) is 0 Å². The fourth-order valence-corrected chi connectivity index (χ4v) is 2.15. The lowest BCUT2D eigenvalue weighted by Gasteiger charge is -2.36. The lowest BCUT2D eigenvalue weighted by atomic mass is 10.0. The Bertz CT molecular complexity index is 219. The molecule has 4 heteroatoms. The van der Waals surface area contributed by atoms with Gasteiger partial charge in [0.15, 0.2) is 5.96 Å². The van der Waals surface area contributed by atoms with Crippen molar-refractivity contribution in [1.82, 2.24) is 9.80 Å². The highest BCUT2D eigenvalue weighted by atomic mass is 15.3. The van der Waals surface area contributed by atoms with Gasteiger partial charge in [-0.15, -0.1) is 0 Å². The molecule has 0 bridgehead atoms. The molecule has 1 saturated heterocycles. The Kier molecular flexibility index (Phi) is 5.60. The van der Waals surface area contributed by atoms with Gasteiger partial charge < -0.3 is 15.5 Å². The van der Waals surface area contributed by atoms with Crippen LogP contribution in [0.25, 0.3) is 0 Å². The highest BCUT2D eigenvalue weighted by Gasteiger charge is 2.22. The maximum atomic E-state index is 5.96. The van der Waals surface area contributed by atoms with Crippen molar-refractivity contribution in [2.45, 2.75) is 39.2 Å². The minimum atomic E-state index is 0.573. The molecule has 1 aliphatic rings. The molecule has 0 amide bonds. The molecule has 2 N–H and O–H groups in total. The second-order valence-electron chi connectivity index (χ2n) is 4.52. The summed E-state index contributed by atoms with van der Waals surface area (Å²) in [6.07, 6.45) is 3.46. The molecule has 0 atom stereocenters. The van der Waals surface area contributed by atoms with Crippen LogP contribution < -0.4 is 5.73 Å². The van der Waals surface area contributed by atoms with E-state index in [1.807, 2.05) is 0 Å². The van der Waals surface area contributed by atoms with E-state index in [0.29, 0.717) is 12.0 Å². The average molecular weight is 226 g/mol. The van der Waals surface area contributed by atoms with E-state index >= 15 is 0 Å². The third kappa shape index (κ3) is 3.67. The summed E-state index contributed by atoms with van der Waals surface area (Å²) >= 11 is 0. The van der Waals surface area contributed by atoms with E-state index in [4.69, 9.17) is 5.73 Å². The van der Waals surface area contributed by atoms with Gasteiger partial charge >= 0.3 is 0 Å². The van der Waals surface area contributed by atoms with Gasteiger partial charge in [-0.2, -0.15) is 0 Å². The maximum Gasteiger partial charge on any atom is 0.191 e. The van der Waals surface area contributed by atoms with Gasteiger partial charge in [-0.25, -0.2) is 0 Å². The number of nitrogens with two attached hydrogens (primary N) is 1. The van der Waals surface area contributed by atoms with Gasteiger partial charge in [0.1, 0.15) is 0 Å². The number of nitrogens with zero attached hydrogens (tertiary/aromatic N) is 3. The third-order valence-corrected chi connectivity index (χ3v) is 3.41. The van der Waals surface area contributed by atoms with Gasteiger partial charge in [0, 0.05) is 32.7 Å². The van der Waals surface area contributed by atoms with Crippen LogP contribution >= 0.6 is 0 Å². The van der Waals surface area contributed by atoms with Gasteiger partial charge in [0.05, 0.1) is 0 Å². The Morgan fingerprint density at radius 3 is 2.50 bits per heavy atom. The zero-order chi connectivity index (χ0) is 12.0. The zero-order valence-electron chi connectivity index (χ0n) is 10.9. The summed E-state index contributed by atoms with van der Waals surface area (Å²) in [6.45, 7) is 8.72. The van der Waals surface area contributed by atoms with Crippen LogP contribution in [0.15, 0.2) is 4.99 Å². The maximum absolute atomic E-state index is 5.96. The SMILES string of the molecule is CCCN=C(N)N(C)C1CCN(CC)CC1. The molecule has 0 aromatic carbocycles. The summed E-state index contributed by atoms with van der Waals surface area (Å²) < 4.78 is 0. The topological polar surface area (TPSA) is 44.9 Å². The highest BCUT2D eigenvalue weighted by molar-refractivity contribution is 5.78. The van der Waals surface area contributed by atoms with E-state index in [2.05, 4.69) is 35.7 Å². The Balaban J connectivity index is 2.40. The number of aliphatic imine (C=N–C) groups is 1. The normalized spacial score (nSPS) is 20.1. The summed E-state index contributed by atoms with van der Waals surface area (Å²) in [5.74, 6) is 0.705. The molecule has 94 valence electrons. The minimum absolute atomic E-state index is 0.573. The minimum Gasteiger partial charge on any atom is -0.370 e. The monoisotopic (exact) mass is 226 g/mol. The van der Waals surface area contributed by atoms with Crippen LogP contribution in [0, 0.1) is 0 Å². The van der Waals surface area contributed by atoms with Crippen LogP contribution in [-0.4, -0.2) is 55.0 Å². The van der Waals surface area contributed by atoms with Gasteiger partial charge in [-0.3, -0.25) is 4.99 Å². The third-order valence-electron chi connectivity index (χ3n) is 3.41. The molecule has 0 aromatic heterocycles. The van der Waals surface area contributed by atoms with Crippen molar-refractivity contribution in [3.8, 4) is 0 Å². The lowest BCUT2D eigenvalue weighted by molar-refractivity contribution is 0.171. The number of guanidine groups is 1. The zero-order valence-corrected chi connectivity index (χ0v) is 10.9. The molecule has 0 aliphatic carbocycles. The summed E-state index contributed by atoms with van der Waals surface area (Å²) in [6, 6.07) is 0.573. The van der Waals surface area contributed by atoms with Crippen molar-refractivity contribution >= 4 is 5.96 Å². The molecule has 0 saturated carbocycles. The second kappa shape index (κ2) is 6.74. The smallest absolute Gasteiger partial charge is 0.191 e. The molecule has 0 radical (unpaired) electrons. The van der Waals surface area contributed by atoms with E-state index in [1.165, 1.54) is 25.9 Å². The standard InChI is InChI=1S/C12H26N4/c1-4-8-14-12(13)15(3)11-6-9-16(5-2)10-7-11/h11H,4-10H2,1-3H3,(H2,13,14). The summed E-state index contributed by atoms with van der Waals surface area (Å²) in [5.41, 5.74) is 5.96. The number of likely N-dealkylation sites (tertiary alicyclic amines) is 1. The summed E-state index contributed by atoms with van der Waals surface area (Å²) in [5, 5.41) is 0. The van der Waals surface area contributed by atoms with E-state index < -0.39 is 0 Å². The van der Waals surface area contributed by atoms with Crippen molar-refractivity contribution in [3.05, 3.63) is 0 Å². The predicted molar refractivity (Wildman–Crippen MR) is 69.7 cm³/mol. The first-order valence-corrected chi connectivity index (χ1v) is 6.44. The second-order valence-corrected chi connectivity index (χ2v) is 4.52. The summed E-state index contributed by atoms with van der Waals surface area (Å²) in [7, 11) is 2.07. The highest BCUT2D eigenvalue weighted by Crippen LogP contribution is 2.14. The van der Waals surface area contributed by atoms with Gasteiger partial charge in [-0.05, 0) is 25.8 Å². The molecule has 1 fully saturated rings. The number of rotatable bonds is 4. The molecular formula is C12H26N4. The quantitative estimate of drug-likeness (QED) is 0.577. The number of hydrogen-bond donors (Lipinski definition) is 1. The molecule has 1 heterocycles. The van der Waals surface area contributed by atoms with Gasteiger partial charge in [0.25, 0.3) is 0 Å². The first-order chi connectivity index (χ1) is 7.69. The Labute approximate surface area is 99.5 Å². The van der Waals surface area contributed by atoms with Crippen molar-refractivity contribution < 1.29 is 0 Å². The molecule has 0 unspecified atom stereocenters. The van der Waals surface area contributed by atoms with Crippen LogP contribution in [0.1, 0.15) is 33.1 Å².